The van der Waals surface area contributed by atoms with E-state index in [9.17, 15) is 9.59 Å². The van der Waals surface area contributed by atoms with Crippen LogP contribution in [0.15, 0.2) is 30.3 Å². The van der Waals surface area contributed by atoms with Crippen LogP contribution in [0, 0.1) is 12.8 Å². The van der Waals surface area contributed by atoms with Crippen molar-refractivity contribution < 1.29 is 14.7 Å². The molecule has 1 fully saturated rings. The summed E-state index contributed by atoms with van der Waals surface area (Å²) < 4.78 is 0. The van der Waals surface area contributed by atoms with Gasteiger partial charge in [0.15, 0.2) is 0 Å². The highest BCUT2D eigenvalue weighted by Gasteiger charge is 2.28. The van der Waals surface area contributed by atoms with Crippen LogP contribution in [-0.4, -0.2) is 40.1 Å². The summed E-state index contributed by atoms with van der Waals surface area (Å²) in [7, 11) is 0. The SMILES string of the molecule is Cc1nc(-c2ccccc2)sc1NC(=O)N1CCCC(C(=O)O)C1. The fraction of sp³-hybridized carbons (Fsp3) is 0.353. The van der Waals surface area contributed by atoms with Crippen LogP contribution in [-0.2, 0) is 4.79 Å². The van der Waals surface area contributed by atoms with Crippen molar-refractivity contribution in [1.82, 2.24) is 9.88 Å². The molecule has 0 aliphatic carbocycles. The van der Waals surface area contributed by atoms with Gasteiger partial charge in [0, 0.05) is 18.7 Å². The van der Waals surface area contributed by atoms with E-state index in [0.29, 0.717) is 24.4 Å². The number of thiazole rings is 1. The number of nitrogens with one attached hydrogen (secondary N) is 1. The Labute approximate surface area is 144 Å². The Bertz CT molecular complexity index is 745. The van der Waals surface area contributed by atoms with Crippen LogP contribution in [0.3, 0.4) is 0 Å². The summed E-state index contributed by atoms with van der Waals surface area (Å²) in [6.07, 6.45) is 1.33. The minimum Gasteiger partial charge on any atom is -0.481 e. The van der Waals surface area contributed by atoms with Crippen LogP contribution in [0.5, 0.6) is 0 Å². The molecule has 2 aromatic rings. The summed E-state index contributed by atoms with van der Waals surface area (Å²) in [6, 6.07) is 9.54. The molecule has 2 amide bonds. The number of anilines is 1. The smallest absolute Gasteiger partial charge is 0.322 e. The number of carbonyl (C=O) groups is 2. The maximum atomic E-state index is 12.4. The molecule has 0 bridgehead atoms. The van der Waals surface area contributed by atoms with Gasteiger partial charge in [0.1, 0.15) is 10.0 Å². The number of carboxylic acid groups (broad SMARTS) is 1. The molecule has 24 heavy (non-hydrogen) atoms. The highest BCUT2D eigenvalue weighted by molar-refractivity contribution is 7.19. The zero-order valence-corrected chi connectivity index (χ0v) is 14.2. The first-order valence-electron chi connectivity index (χ1n) is 7.86. The highest BCUT2D eigenvalue weighted by Crippen LogP contribution is 2.32. The van der Waals surface area contributed by atoms with Gasteiger partial charge in [-0.1, -0.05) is 41.7 Å². The van der Waals surface area contributed by atoms with Crippen molar-refractivity contribution >= 4 is 28.3 Å². The third-order valence-corrected chi connectivity index (χ3v) is 5.22. The molecule has 2 N–H and O–H groups in total. The Morgan fingerprint density at radius 2 is 2.08 bits per heavy atom. The number of rotatable bonds is 3. The number of amides is 2. The Morgan fingerprint density at radius 1 is 1.33 bits per heavy atom. The minimum atomic E-state index is -0.840. The Morgan fingerprint density at radius 3 is 2.79 bits per heavy atom. The molecule has 0 radical (unpaired) electrons. The van der Waals surface area contributed by atoms with Crippen molar-refractivity contribution in [1.29, 1.82) is 0 Å². The Hall–Kier alpha value is -2.41. The second kappa shape index (κ2) is 7.00. The zero-order chi connectivity index (χ0) is 17.1. The van der Waals surface area contributed by atoms with Gasteiger partial charge in [-0.05, 0) is 19.8 Å². The van der Waals surface area contributed by atoms with Crippen molar-refractivity contribution in [2.75, 3.05) is 18.4 Å². The second-order valence-electron chi connectivity index (χ2n) is 5.85. The van der Waals surface area contributed by atoms with E-state index < -0.39 is 11.9 Å². The van der Waals surface area contributed by atoms with Crippen molar-refractivity contribution in [3.8, 4) is 10.6 Å². The summed E-state index contributed by atoms with van der Waals surface area (Å²) >= 11 is 1.43. The maximum Gasteiger partial charge on any atom is 0.322 e. The lowest BCUT2D eigenvalue weighted by molar-refractivity contribution is -0.143. The topological polar surface area (TPSA) is 82.5 Å². The van der Waals surface area contributed by atoms with Crippen LogP contribution in [0.4, 0.5) is 9.80 Å². The van der Waals surface area contributed by atoms with Crippen molar-refractivity contribution in [3.05, 3.63) is 36.0 Å². The fourth-order valence-corrected chi connectivity index (χ4v) is 3.72. The molecule has 6 nitrogen and oxygen atoms in total. The summed E-state index contributed by atoms with van der Waals surface area (Å²) in [5.41, 5.74) is 1.77. The quantitative estimate of drug-likeness (QED) is 0.892. The first kappa shape index (κ1) is 16.4. The normalized spacial score (nSPS) is 17.5. The molecular formula is C17H19N3O3S. The van der Waals surface area contributed by atoms with Gasteiger partial charge in [-0.25, -0.2) is 9.78 Å². The fourth-order valence-electron chi connectivity index (χ4n) is 2.76. The number of urea groups is 1. The van der Waals surface area contributed by atoms with E-state index in [0.717, 1.165) is 16.3 Å². The van der Waals surface area contributed by atoms with Crippen LogP contribution < -0.4 is 5.32 Å². The number of hydrogen-bond acceptors (Lipinski definition) is 4. The molecule has 126 valence electrons. The number of piperidine rings is 1. The molecule has 1 aliphatic heterocycles. The first-order chi connectivity index (χ1) is 11.5. The molecule has 7 heteroatoms. The average molecular weight is 345 g/mol. The minimum absolute atomic E-state index is 0.255. The van der Waals surface area contributed by atoms with Crippen LogP contribution in [0.2, 0.25) is 0 Å². The van der Waals surface area contributed by atoms with Gasteiger partial charge < -0.3 is 10.0 Å². The Balaban J connectivity index is 1.71. The van der Waals surface area contributed by atoms with Crippen LogP contribution >= 0.6 is 11.3 Å². The van der Waals surface area contributed by atoms with Gasteiger partial charge in [0.05, 0.1) is 11.6 Å². The average Bonchev–Trinajstić information content (AvgIpc) is 2.96. The molecule has 0 spiro atoms. The molecular weight excluding hydrogens is 326 g/mol. The maximum absolute atomic E-state index is 12.4. The lowest BCUT2D eigenvalue weighted by Gasteiger charge is -2.30. The molecule has 1 saturated heterocycles. The summed E-state index contributed by atoms with van der Waals surface area (Å²) in [5, 5.41) is 13.6. The monoisotopic (exact) mass is 345 g/mol. The molecule has 1 unspecified atom stereocenters. The third kappa shape index (κ3) is 3.56. The molecule has 3 rings (SSSR count). The number of nitrogens with zero attached hydrogens (tertiary/aromatic N) is 2. The lowest BCUT2D eigenvalue weighted by Crippen LogP contribution is -2.44. The largest absolute Gasteiger partial charge is 0.481 e. The van der Waals surface area contributed by atoms with Gasteiger partial charge in [-0.15, -0.1) is 0 Å². The molecule has 1 atom stereocenters. The summed E-state index contributed by atoms with van der Waals surface area (Å²) in [5.74, 6) is -1.32. The van der Waals surface area contributed by atoms with Gasteiger partial charge in [-0.2, -0.15) is 0 Å². The van der Waals surface area contributed by atoms with Crippen molar-refractivity contribution in [2.45, 2.75) is 19.8 Å². The lowest BCUT2D eigenvalue weighted by atomic mass is 9.99. The molecule has 1 aromatic carbocycles. The Kier molecular flexibility index (Phi) is 4.80. The third-order valence-electron chi connectivity index (χ3n) is 4.10. The summed E-state index contributed by atoms with van der Waals surface area (Å²) in [6.45, 7) is 2.69. The van der Waals surface area contributed by atoms with E-state index in [-0.39, 0.29) is 12.6 Å². The van der Waals surface area contributed by atoms with Gasteiger partial charge in [0.2, 0.25) is 0 Å². The number of hydrogen-bond donors (Lipinski definition) is 2. The number of aromatic nitrogens is 1. The number of carbonyl (C=O) groups excluding carboxylic acids is 1. The van der Waals surface area contributed by atoms with E-state index in [2.05, 4.69) is 10.3 Å². The first-order valence-corrected chi connectivity index (χ1v) is 8.68. The van der Waals surface area contributed by atoms with Crippen molar-refractivity contribution in [3.63, 3.8) is 0 Å². The van der Waals surface area contributed by atoms with E-state index >= 15 is 0 Å². The molecule has 0 saturated carbocycles. The highest BCUT2D eigenvalue weighted by atomic mass is 32.1. The van der Waals surface area contributed by atoms with E-state index in [4.69, 9.17) is 5.11 Å². The number of likely N-dealkylation sites (tertiary alicyclic amines) is 1. The predicted molar refractivity (Wildman–Crippen MR) is 93.2 cm³/mol. The van der Waals surface area contributed by atoms with E-state index in [1.807, 2.05) is 37.3 Å². The summed E-state index contributed by atoms with van der Waals surface area (Å²) in [4.78, 5) is 29.6. The predicted octanol–water partition coefficient (Wildman–Crippen LogP) is 3.45. The van der Waals surface area contributed by atoms with Crippen LogP contribution in [0.25, 0.3) is 10.6 Å². The number of benzene rings is 1. The zero-order valence-electron chi connectivity index (χ0n) is 13.4. The molecule has 1 aromatic heterocycles. The standard InChI is InChI=1S/C17H19N3O3S/c1-11-14(24-15(18-11)12-6-3-2-4-7-12)19-17(23)20-9-5-8-13(10-20)16(21)22/h2-4,6-7,13H,5,8-10H2,1H3,(H,19,23)(H,21,22). The molecule has 1 aliphatic rings. The van der Waals surface area contributed by atoms with Crippen LogP contribution in [0.1, 0.15) is 18.5 Å². The van der Waals surface area contributed by atoms with Gasteiger partial charge >= 0.3 is 12.0 Å². The van der Waals surface area contributed by atoms with Crippen molar-refractivity contribution in [2.24, 2.45) is 5.92 Å². The van der Waals surface area contributed by atoms with Gasteiger partial charge in [-0.3, -0.25) is 10.1 Å². The molecule has 2 heterocycles. The van der Waals surface area contributed by atoms with E-state index in [1.54, 1.807) is 4.90 Å². The number of aryl methyl sites for hydroxylation is 1. The van der Waals surface area contributed by atoms with E-state index in [1.165, 1.54) is 11.3 Å². The second-order valence-corrected chi connectivity index (χ2v) is 6.85. The number of aliphatic carboxylic acids is 1. The number of carboxylic acids is 1. The van der Waals surface area contributed by atoms with Gasteiger partial charge in [0.25, 0.3) is 0 Å².